The number of hydrogen-bond donors (Lipinski definition) is 0. The van der Waals surface area contributed by atoms with E-state index in [1.54, 1.807) is 7.05 Å². The Morgan fingerprint density at radius 3 is 2.83 bits per heavy atom. The zero-order valence-corrected chi connectivity index (χ0v) is 7.03. The van der Waals surface area contributed by atoms with Crippen LogP contribution in [0, 0.1) is 5.21 Å². The van der Waals surface area contributed by atoms with E-state index in [1.807, 2.05) is 36.4 Å². The molecule has 2 nitrogen and oxygen atoms in total. The van der Waals surface area contributed by atoms with Gasteiger partial charge >= 0.3 is 0 Å². The molecule has 0 fully saturated rings. The number of benzene rings is 1. The number of para-hydroxylation sites is 1. The van der Waals surface area contributed by atoms with Crippen LogP contribution in [0.2, 0.25) is 0 Å². The lowest BCUT2D eigenvalue weighted by Gasteiger charge is -2.39. The molecule has 0 amide bonds. The fourth-order valence-corrected chi connectivity index (χ4v) is 1.54. The third-order valence-corrected chi connectivity index (χ3v) is 2.20. The molecule has 62 valence electrons. The Hall–Kier alpha value is -1.12. The first-order valence-corrected chi connectivity index (χ1v) is 4.03. The van der Waals surface area contributed by atoms with Crippen molar-refractivity contribution in [1.82, 2.24) is 4.65 Å². The van der Waals surface area contributed by atoms with Gasteiger partial charge in [-0.1, -0.05) is 12.1 Å². The number of quaternary nitrogens is 1. The van der Waals surface area contributed by atoms with E-state index in [0.717, 1.165) is 11.3 Å². The maximum atomic E-state index is 11.8. The standard InChI is InChI=1S/C10H11NO/c1-11(12)8-4-6-9-5-2-3-7-10(9)11/h2-7H,8H2,1H3. The monoisotopic (exact) mass is 161 g/mol. The molecular weight excluding hydrogens is 150 g/mol. The van der Waals surface area contributed by atoms with Crippen molar-refractivity contribution in [3.63, 3.8) is 0 Å². The fraction of sp³-hybridized carbons (Fsp3) is 0.200. The molecule has 0 saturated heterocycles. The summed E-state index contributed by atoms with van der Waals surface area (Å²) in [6.07, 6.45) is 3.93. The summed E-state index contributed by atoms with van der Waals surface area (Å²) in [7, 11) is 1.68. The SMILES string of the molecule is C[N+]1([O-])CC=Cc2ccccc21. The van der Waals surface area contributed by atoms with Gasteiger partial charge < -0.3 is 9.85 Å². The average molecular weight is 161 g/mol. The van der Waals surface area contributed by atoms with Crippen LogP contribution in [0.1, 0.15) is 5.56 Å². The Kier molecular flexibility index (Phi) is 1.53. The van der Waals surface area contributed by atoms with Crippen molar-refractivity contribution in [2.24, 2.45) is 0 Å². The van der Waals surface area contributed by atoms with Gasteiger partial charge in [0.15, 0.2) is 0 Å². The van der Waals surface area contributed by atoms with E-state index in [9.17, 15) is 5.21 Å². The van der Waals surface area contributed by atoms with Crippen molar-refractivity contribution in [3.05, 3.63) is 41.1 Å². The highest BCUT2D eigenvalue weighted by Crippen LogP contribution is 2.28. The Bertz CT molecular complexity index is 328. The number of fused-ring (bicyclic) bond motifs is 1. The molecule has 0 saturated carbocycles. The average Bonchev–Trinajstić information content (AvgIpc) is 2.04. The van der Waals surface area contributed by atoms with Crippen molar-refractivity contribution in [2.45, 2.75) is 0 Å². The minimum absolute atomic E-state index is 0.285. The van der Waals surface area contributed by atoms with Crippen LogP contribution in [0.15, 0.2) is 30.3 Å². The fourth-order valence-electron chi connectivity index (χ4n) is 1.54. The minimum atomic E-state index is -0.285. The van der Waals surface area contributed by atoms with E-state index in [4.69, 9.17) is 0 Å². The first kappa shape index (κ1) is 7.53. The van der Waals surface area contributed by atoms with Gasteiger partial charge in [0.05, 0.1) is 7.05 Å². The molecule has 0 aliphatic carbocycles. The molecule has 0 bridgehead atoms. The molecule has 0 spiro atoms. The van der Waals surface area contributed by atoms with Gasteiger partial charge in [0.1, 0.15) is 12.2 Å². The molecular formula is C10H11NO. The minimum Gasteiger partial charge on any atom is -0.627 e. The van der Waals surface area contributed by atoms with E-state index in [0.29, 0.717) is 6.54 Å². The zero-order valence-electron chi connectivity index (χ0n) is 7.03. The summed E-state index contributed by atoms with van der Waals surface area (Å²) in [4.78, 5) is 0. The Balaban J connectivity index is 2.60. The van der Waals surface area contributed by atoms with Crippen LogP contribution in [0.4, 0.5) is 5.69 Å². The number of likely N-dealkylation sites (N-methyl/N-ethyl adjacent to an activating group) is 1. The summed E-state index contributed by atoms with van der Waals surface area (Å²) < 4.78 is -0.285. The molecule has 0 aromatic heterocycles. The van der Waals surface area contributed by atoms with Crippen LogP contribution in [0.5, 0.6) is 0 Å². The van der Waals surface area contributed by atoms with Crippen molar-refractivity contribution < 1.29 is 0 Å². The van der Waals surface area contributed by atoms with Crippen molar-refractivity contribution >= 4 is 11.8 Å². The van der Waals surface area contributed by atoms with Crippen LogP contribution >= 0.6 is 0 Å². The molecule has 1 aliphatic rings. The van der Waals surface area contributed by atoms with E-state index < -0.39 is 0 Å². The Morgan fingerprint density at radius 1 is 1.33 bits per heavy atom. The molecule has 1 unspecified atom stereocenters. The summed E-state index contributed by atoms with van der Waals surface area (Å²) >= 11 is 0. The third-order valence-electron chi connectivity index (χ3n) is 2.20. The molecule has 1 aliphatic heterocycles. The van der Waals surface area contributed by atoms with Crippen LogP contribution in [0.3, 0.4) is 0 Å². The van der Waals surface area contributed by atoms with Crippen LogP contribution in [-0.2, 0) is 0 Å². The molecule has 2 heteroatoms. The second kappa shape index (κ2) is 2.44. The summed E-state index contributed by atoms with van der Waals surface area (Å²) in [6.45, 7) is 0.539. The highest BCUT2D eigenvalue weighted by atomic mass is 16.5. The normalized spacial score (nSPS) is 26.8. The van der Waals surface area contributed by atoms with Gasteiger partial charge in [-0.15, -0.1) is 0 Å². The van der Waals surface area contributed by atoms with Gasteiger partial charge in [0.25, 0.3) is 0 Å². The number of hydroxylamine groups is 2. The molecule has 1 aromatic rings. The van der Waals surface area contributed by atoms with E-state index in [1.165, 1.54) is 0 Å². The highest BCUT2D eigenvalue weighted by molar-refractivity contribution is 5.69. The van der Waals surface area contributed by atoms with Crippen molar-refractivity contribution in [3.8, 4) is 0 Å². The van der Waals surface area contributed by atoms with Crippen molar-refractivity contribution in [1.29, 1.82) is 0 Å². The number of rotatable bonds is 0. The van der Waals surface area contributed by atoms with Crippen LogP contribution < -0.4 is 4.65 Å². The van der Waals surface area contributed by atoms with E-state index >= 15 is 0 Å². The van der Waals surface area contributed by atoms with Crippen molar-refractivity contribution in [2.75, 3.05) is 13.6 Å². The summed E-state index contributed by atoms with van der Waals surface area (Å²) in [5.74, 6) is 0. The second-order valence-corrected chi connectivity index (χ2v) is 3.24. The Morgan fingerprint density at radius 2 is 2.08 bits per heavy atom. The number of hydrogen-bond acceptors (Lipinski definition) is 1. The molecule has 1 atom stereocenters. The first-order valence-electron chi connectivity index (χ1n) is 4.03. The quantitative estimate of drug-likeness (QED) is 0.422. The molecule has 0 radical (unpaired) electrons. The predicted molar refractivity (Wildman–Crippen MR) is 51.4 cm³/mol. The van der Waals surface area contributed by atoms with Crippen LogP contribution in [0.25, 0.3) is 6.08 Å². The summed E-state index contributed by atoms with van der Waals surface area (Å²) in [5, 5.41) is 11.8. The van der Waals surface area contributed by atoms with E-state index in [-0.39, 0.29) is 4.65 Å². The maximum absolute atomic E-state index is 11.8. The van der Waals surface area contributed by atoms with Gasteiger partial charge in [-0.25, -0.2) is 0 Å². The first-order chi connectivity index (χ1) is 5.70. The molecule has 1 aromatic carbocycles. The topological polar surface area (TPSA) is 23.1 Å². The lowest BCUT2D eigenvalue weighted by Crippen LogP contribution is -2.40. The predicted octanol–water partition coefficient (Wildman–Crippen LogP) is 2.15. The summed E-state index contributed by atoms with van der Waals surface area (Å²) in [6, 6.07) is 7.73. The molecule has 0 N–H and O–H groups in total. The van der Waals surface area contributed by atoms with Gasteiger partial charge in [-0.2, -0.15) is 0 Å². The third kappa shape index (κ3) is 1.05. The maximum Gasteiger partial charge on any atom is 0.140 e. The highest BCUT2D eigenvalue weighted by Gasteiger charge is 2.18. The number of nitrogens with zero attached hydrogens (tertiary/aromatic N) is 1. The molecule has 1 heterocycles. The van der Waals surface area contributed by atoms with E-state index in [2.05, 4.69) is 0 Å². The largest absolute Gasteiger partial charge is 0.627 e. The van der Waals surface area contributed by atoms with Gasteiger partial charge in [0.2, 0.25) is 0 Å². The summed E-state index contributed by atoms with van der Waals surface area (Å²) in [5.41, 5.74) is 1.90. The van der Waals surface area contributed by atoms with Gasteiger partial charge in [-0.3, -0.25) is 0 Å². The zero-order chi connectivity index (χ0) is 8.60. The van der Waals surface area contributed by atoms with Crippen LogP contribution in [-0.4, -0.2) is 13.6 Å². The van der Waals surface area contributed by atoms with Gasteiger partial charge in [-0.05, 0) is 18.2 Å². The van der Waals surface area contributed by atoms with Gasteiger partial charge in [0, 0.05) is 11.6 Å². The smallest absolute Gasteiger partial charge is 0.140 e. The Labute approximate surface area is 71.9 Å². The lowest BCUT2D eigenvalue weighted by molar-refractivity contribution is 0.490. The molecule has 2 rings (SSSR count). The molecule has 12 heavy (non-hydrogen) atoms. The second-order valence-electron chi connectivity index (χ2n) is 3.24. The lowest BCUT2D eigenvalue weighted by atomic mass is 10.1.